The van der Waals surface area contributed by atoms with Crippen LogP contribution in [0.3, 0.4) is 0 Å². The molecule has 0 amide bonds. The summed E-state index contributed by atoms with van der Waals surface area (Å²) in [6, 6.07) is 6.66. The van der Waals surface area contributed by atoms with Gasteiger partial charge in [-0.15, -0.1) is 0 Å². The summed E-state index contributed by atoms with van der Waals surface area (Å²) in [7, 11) is 0. The standard InChI is InChI=1S/C16H25ClN2/c1-12(2)11-19-8-6-15(7-9-19)18-16-10-14(17)5-4-13(16)3/h4-5,10,12,15,18H,6-9,11H2,1-3H3. The number of hydrogen-bond donors (Lipinski definition) is 1. The number of nitrogens with one attached hydrogen (secondary N) is 1. The average Bonchev–Trinajstić information content (AvgIpc) is 2.35. The van der Waals surface area contributed by atoms with Gasteiger partial charge >= 0.3 is 0 Å². The van der Waals surface area contributed by atoms with Crippen molar-refractivity contribution < 1.29 is 0 Å². The fourth-order valence-corrected chi connectivity index (χ4v) is 2.92. The van der Waals surface area contributed by atoms with Crippen molar-refractivity contribution >= 4 is 17.3 Å². The zero-order valence-electron chi connectivity index (χ0n) is 12.2. The molecule has 0 aromatic heterocycles. The Bertz CT molecular complexity index is 409. The van der Waals surface area contributed by atoms with E-state index in [0.717, 1.165) is 10.9 Å². The van der Waals surface area contributed by atoms with Crippen LogP contribution in [0.25, 0.3) is 0 Å². The Labute approximate surface area is 122 Å². The van der Waals surface area contributed by atoms with E-state index in [4.69, 9.17) is 11.6 Å². The first-order valence-electron chi connectivity index (χ1n) is 7.29. The van der Waals surface area contributed by atoms with Gasteiger partial charge < -0.3 is 10.2 Å². The largest absolute Gasteiger partial charge is 0.382 e. The number of halogens is 1. The molecule has 0 bridgehead atoms. The van der Waals surface area contributed by atoms with Crippen LogP contribution in [0.5, 0.6) is 0 Å². The van der Waals surface area contributed by atoms with Gasteiger partial charge in [-0.05, 0) is 43.4 Å². The molecule has 2 nitrogen and oxygen atoms in total. The molecule has 0 saturated carbocycles. The Morgan fingerprint density at radius 2 is 2.00 bits per heavy atom. The number of piperidine rings is 1. The smallest absolute Gasteiger partial charge is 0.0426 e. The molecule has 1 aromatic carbocycles. The molecule has 106 valence electrons. The lowest BCUT2D eigenvalue weighted by atomic mass is 10.0. The van der Waals surface area contributed by atoms with Crippen LogP contribution >= 0.6 is 11.6 Å². The quantitative estimate of drug-likeness (QED) is 0.890. The molecule has 19 heavy (non-hydrogen) atoms. The van der Waals surface area contributed by atoms with Crippen molar-refractivity contribution in [3.8, 4) is 0 Å². The fraction of sp³-hybridized carbons (Fsp3) is 0.625. The predicted molar refractivity (Wildman–Crippen MR) is 84.1 cm³/mol. The van der Waals surface area contributed by atoms with Crippen LogP contribution in [0.15, 0.2) is 18.2 Å². The van der Waals surface area contributed by atoms with Crippen LogP contribution in [0, 0.1) is 12.8 Å². The topological polar surface area (TPSA) is 15.3 Å². The summed E-state index contributed by atoms with van der Waals surface area (Å²) >= 11 is 6.07. The Balaban J connectivity index is 1.87. The van der Waals surface area contributed by atoms with Crippen LogP contribution in [-0.4, -0.2) is 30.6 Å². The molecule has 1 aliphatic heterocycles. The Morgan fingerprint density at radius 3 is 2.63 bits per heavy atom. The van der Waals surface area contributed by atoms with Gasteiger partial charge in [-0.3, -0.25) is 0 Å². The molecular formula is C16H25ClN2. The molecular weight excluding hydrogens is 256 g/mol. The summed E-state index contributed by atoms with van der Waals surface area (Å²) in [4.78, 5) is 2.58. The highest BCUT2D eigenvalue weighted by atomic mass is 35.5. The number of benzene rings is 1. The van der Waals surface area contributed by atoms with E-state index in [1.54, 1.807) is 0 Å². The van der Waals surface area contributed by atoms with E-state index >= 15 is 0 Å². The summed E-state index contributed by atoms with van der Waals surface area (Å²) in [5.74, 6) is 0.764. The molecule has 0 radical (unpaired) electrons. The molecule has 2 rings (SSSR count). The van der Waals surface area contributed by atoms with Crippen molar-refractivity contribution in [1.29, 1.82) is 0 Å². The van der Waals surface area contributed by atoms with Crippen molar-refractivity contribution in [2.24, 2.45) is 5.92 Å². The third-order valence-corrected chi connectivity index (χ3v) is 4.01. The minimum atomic E-state index is 0.584. The van der Waals surface area contributed by atoms with Gasteiger partial charge in [-0.25, -0.2) is 0 Å². The van der Waals surface area contributed by atoms with Crippen LogP contribution in [-0.2, 0) is 0 Å². The highest BCUT2D eigenvalue weighted by molar-refractivity contribution is 6.30. The highest BCUT2D eigenvalue weighted by Gasteiger charge is 2.19. The van der Waals surface area contributed by atoms with E-state index in [1.807, 2.05) is 12.1 Å². The van der Waals surface area contributed by atoms with Crippen LogP contribution in [0.1, 0.15) is 32.3 Å². The van der Waals surface area contributed by atoms with Crippen molar-refractivity contribution in [2.75, 3.05) is 25.0 Å². The van der Waals surface area contributed by atoms with E-state index in [9.17, 15) is 0 Å². The molecule has 3 heteroatoms. The van der Waals surface area contributed by atoms with E-state index < -0.39 is 0 Å². The van der Waals surface area contributed by atoms with Gasteiger partial charge in [0.05, 0.1) is 0 Å². The maximum atomic E-state index is 6.07. The molecule has 0 aliphatic carbocycles. The molecule has 1 aliphatic rings. The third kappa shape index (κ3) is 4.39. The zero-order chi connectivity index (χ0) is 13.8. The van der Waals surface area contributed by atoms with E-state index in [1.165, 1.54) is 43.7 Å². The first-order chi connectivity index (χ1) is 9.04. The van der Waals surface area contributed by atoms with Gasteiger partial charge in [0.25, 0.3) is 0 Å². The second-order valence-corrected chi connectivity index (χ2v) is 6.51. The molecule has 1 N–H and O–H groups in total. The molecule has 0 unspecified atom stereocenters. The van der Waals surface area contributed by atoms with Gasteiger partial charge in [0.1, 0.15) is 0 Å². The number of likely N-dealkylation sites (tertiary alicyclic amines) is 1. The van der Waals surface area contributed by atoms with Crippen molar-refractivity contribution in [3.05, 3.63) is 28.8 Å². The van der Waals surface area contributed by atoms with Gasteiger partial charge in [-0.2, -0.15) is 0 Å². The van der Waals surface area contributed by atoms with E-state index in [-0.39, 0.29) is 0 Å². The number of hydrogen-bond acceptors (Lipinski definition) is 2. The summed E-state index contributed by atoms with van der Waals surface area (Å²) < 4.78 is 0. The minimum absolute atomic E-state index is 0.584. The SMILES string of the molecule is Cc1ccc(Cl)cc1NC1CCN(CC(C)C)CC1. The van der Waals surface area contributed by atoms with Crippen LogP contribution < -0.4 is 5.32 Å². The Kier molecular flexibility index (Phi) is 5.12. The summed E-state index contributed by atoms with van der Waals surface area (Å²) in [5, 5.41) is 4.46. The van der Waals surface area contributed by atoms with Gasteiger partial charge in [0.2, 0.25) is 0 Å². The van der Waals surface area contributed by atoms with Crippen molar-refractivity contribution in [3.63, 3.8) is 0 Å². The number of aryl methyl sites for hydroxylation is 1. The van der Waals surface area contributed by atoms with E-state index in [2.05, 4.69) is 37.1 Å². The lowest BCUT2D eigenvalue weighted by Crippen LogP contribution is -2.40. The molecule has 1 heterocycles. The normalized spacial score (nSPS) is 17.9. The molecule has 0 spiro atoms. The van der Waals surface area contributed by atoms with Crippen molar-refractivity contribution in [2.45, 2.75) is 39.7 Å². The maximum Gasteiger partial charge on any atom is 0.0426 e. The second-order valence-electron chi connectivity index (χ2n) is 6.07. The summed E-state index contributed by atoms with van der Waals surface area (Å²) in [6.07, 6.45) is 2.44. The molecule has 1 aromatic rings. The monoisotopic (exact) mass is 280 g/mol. The first kappa shape index (κ1) is 14.7. The minimum Gasteiger partial charge on any atom is -0.382 e. The highest BCUT2D eigenvalue weighted by Crippen LogP contribution is 2.23. The molecule has 1 fully saturated rings. The van der Waals surface area contributed by atoms with Gasteiger partial charge in [-0.1, -0.05) is 31.5 Å². The predicted octanol–water partition coefficient (Wildman–Crippen LogP) is 4.18. The maximum absolute atomic E-state index is 6.07. The number of anilines is 1. The first-order valence-corrected chi connectivity index (χ1v) is 7.67. The molecule has 0 atom stereocenters. The van der Waals surface area contributed by atoms with Gasteiger partial charge in [0, 0.05) is 36.4 Å². The van der Waals surface area contributed by atoms with E-state index in [0.29, 0.717) is 6.04 Å². The summed E-state index contributed by atoms with van der Waals surface area (Å²) in [6.45, 7) is 10.3. The summed E-state index contributed by atoms with van der Waals surface area (Å²) in [5.41, 5.74) is 2.46. The Morgan fingerprint density at radius 1 is 1.32 bits per heavy atom. The van der Waals surface area contributed by atoms with Gasteiger partial charge in [0.15, 0.2) is 0 Å². The van der Waals surface area contributed by atoms with Crippen molar-refractivity contribution in [1.82, 2.24) is 4.90 Å². The third-order valence-electron chi connectivity index (χ3n) is 3.77. The number of nitrogens with zero attached hydrogens (tertiary/aromatic N) is 1. The number of rotatable bonds is 4. The lowest BCUT2D eigenvalue weighted by Gasteiger charge is -2.34. The lowest BCUT2D eigenvalue weighted by molar-refractivity contribution is 0.198. The second kappa shape index (κ2) is 6.62. The average molecular weight is 281 g/mol. The fourth-order valence-electron chi connectivity index (χ4n) is 2.75. The zero-order valence-corrected chi connectivity index (χ0v) is 13.0. The Hall–Kier alpha value is -0.730. The molecule has 1 saturated heterocycles. The van der Waals surface area contributed by atoms with Crippen LogP contribution in [0.4, 0.5) is 5.69 Å². The van der Waals surface area contributed by atoms with Crippen LogP contribution in [0.2, 0.25) is 5.02 Å².